The van der Waals surface area contributed by atoms with Crippen molar-refractivity contribution in [1.82, 2.24) is 15.0 Å². The van der Waals surface area contributed by atoms with Gasteiger partial charge in [0.05, 0.1) is 0 Å². The minimum absolute atomic E-state index is 0.0917. The molecule has 3 heterocycles. The Balaban J connectivity index is 2.02. The quantitative estimate of drug-likeness (QED) is 0.665. The third-order valence-electron chi connectivity index (χ3n) is 3.01. The molecule has 0 spiro atoms. The standard InChI is InChI=1S/C15H15N3O/c1-15(2,3)10-6-7-11(17-9-10)14-18-13-12(19-14)5-4-8-16-13/h4-9H,1-3H3. The van der Waals surface area contributed by atoms with E-state index in [1.807, 2.05) is 24.4 Å². The van der Waals surface area contributed by atoms with Gasteiger partial charge in [-0.2, -0.15) is 4.98 Å². The third kappa shape index (κ3) is 2.21. The topological polar surface area (TPSA) is 51.8 Å². The minimum atomic E-state index is 0.0917. The number of rotatable bonds is 1. The zero-order valence-electron chi connectivity index (χ0n) is 11.2. The Labute approximate surface area is 111 Å². The largest absolute Gasteiger partial charge is 0.433 e. The molecule has 4 heteroatoms. The fraction of sp³-hybridized carbons (Fsp3) is 0.267. The summed E-state index contributed by atoms with van der Waals surface area (Å²) in [5.41, 5.74) is 3.30. The van der Waals surface area contributed by atoms with Crippen molar-refractivity contribution < 1.29 is 4.42 Å². The van der Waals surface area contributed by atoms with Crippen LogP contribution >= 0.6 is 0 Å². The van der Waals surface area contributed by atoms with Crippen LogP contribution in [0.2, 0.25) is 0 Å². The normalized spacial score (nSPS) is 11.9. The minimum Gasteiger partial charge on any atom is -0.433 e. The van der Waals surface area contributed by atoms with Gasteiger partial charge in [0.15, 0.2) is 11.2 Å². The summed E-state index contributed by atoms with van der Waals surface area (Å²) in [6.45, 7) is 6.48. The number of nitrogens with zero attached hydrogens (tertiary/aromatic N) is 3. The summed E-state index contributed by atoms with van der Waals surface area (Å²) in [6.07, 6.45) is 3.57. The second kappa shape index (κ2) is 4.16. The van der Waals surface area contributed by atoms with Crippen LogP contribution in [-0.2, 0) is 5.41 Å². The molecule has 0 saturated heterocycles. The zero-order valence-corrected chi connectivity index (χ0v) is 11.2. The van der Waals surface area contributed by atoms with Crippen molar-refractivity contribution in [3.8, 4) is 11.6 Å². The van der Waals surface area contributed by atoms with E-state index in [2.05, 4.69) is 41.8 Å². The van der Waals surface area contributed by atoms with Gasteiger partial charge in [-0.1, -0.05) is 26.8 Å². The van der Waals surface area contributed by atoms with E-state index in [0.717, 1.165) is 5.69 Å². The van der Waals surface area contributed by atoms with Crippen LogP contribution in [0, 0.1) is 0 Å². The van der Waals surface area contributed by atoms with E-state index in [0.29, 0.717) is 17.1 Å². The van der Waals surface area contributed by atoms with Gasteiger partial charge in [-0.05, 0) is 29.2 Å². The first kappa shape index (κ1) is 11.8. The molecular weight excluding hydrogens is 238 g/mol. The number of pyridine rings is 2. The summed E-state index contributed by atoms with van der Waals surface area (Å²) >= 11 is 0. The maximum Gasteiger partial charge on any atom is 0.247 e. The van der Waals surface area contributed by atoms with Crippen LogP contribution in [0.4, 0.5) is 0 Å². The molecule has 3 rings (SSSR count). The lowest BCUT2D eigenvalue weighted by Gasteiger charge is -2.18. The first-order valence-corrected chi connectivity index (χ1v) is 6.22. The van der Waals surface area contributed by atoms with Crippen LogP contribution in [0.3, 0.4) is 0 Å². The monoisotopic (exact) mass is 253 g/mol. The molecule has 3 aromatic rings. The van der Waals surface area contributed by atoms with Crippen molar-refractivity contribution in [3.63, 3.8) is 0 Å². The van der Waals surface area contributed by atoms with E-state index >= 15 is 0 Å². The Morgan fingerprint density at radius 3 is 2.53 bits per heavy atom. The van der Waals surface area contributed by atoms with E-state index in [9.17, 15) is 0 Å². The van der Waals surface area contributed by atoms with Gasteiger partial charge in [0.2, 0.25) is 5.89 Å². The molecule has 0 unspecified atom stereocenters. The Hall–Kier alpha value is -2.23. The van der Waals surface area contributed by atoms with Gasteiger partial charge in [-0.15, -0.1) is 0 Å². The van der Waals surface area contributed by atoms with Crippen LogP contribution in [0.1, 0.15) is 26.3 Å². The molecule has 0 radical (unpaired) electrons. The zero-order chi connectivity index (χ0) is 13.5. The summed E-state index contributed by atoms with van der Waals surface area (Å²) < 4.78 is 5.64. The van der Waals surface area contributed by atoms with E-state index in [1.165, 1.54) is 5.56 Å². The first-order chi connectivity index (χ1) is 9.04. The molecule has 19 heavy (non-hydrogen) atoms. The van der Waals surface area contributed by atoms with Gasteiger partial charge in [0, 0.05) is 12.4 Å². The van der Waals surface area contributed by atoms with Gasteiger partial charge < -0.3 is 4.42 Å². The Morgan fingerprint density at radius 2 is 1.89 bits per heavy atom. The Bertz CT molecular complexity index is 675. The van der Waals surface area contributed by atoms with Crippen LogP contribution in [0.15, 0.2) is 41.1 Å². The number of aromatic nitrogens is 3. The summed E-state index contributed by atoms with van der Waals surface area (Å²) in [7, 11) is 0. The highest BCUT2D eigenvalue weighted by Gasteiger charge is 2.15. The molecule has 4 nitrogen and oxygen atoms in total. The maximum atomic E-state index is 5.64. The van der Waals surface area contributed by atoms with E-state index in [1.54, 1.807) is 6.20 Å². The van der Waals surface area contributed by atoms with Gasteiger partial charge in [0.1, 0.15) is 5.69 Å². The first-order valence-electron chi connectivity index (χ1n) is 6.22. The smallest absolute Gasteiger partial charge is 0.247 e. The summed E-state index contributed by atoms with van der Waals surface area (Å²) in [5.74, 6) is 0.508. The molecule has 0 atom stereocenters. The highest BCUT2D eigenvalue weighted by Crippen LogP contribution is 2.25. The molecule has 0 amide bonds. The number of hydrogen-bond donors (Lipinski definition) is 0. The third-order valence-corrected chi connectivity index (χ3v) is 3.01. The van der Waals surface area contributed by atoms with Crippen molar-refractivity contribution in [2.75, 3.05) is 0 Å². The molecule has 0 aliphatic rings. The number of hydrogen-bond acceptors (Lipinski definition) is 4. The van der Waals surface area contributed by atoms with Gasteiger partial charge in [0.25, 0.3) is 0 Å². The fourth-order valence-corrected chi connectivity index (χ4v) is 1.84. The molecule has 0 saturated carbocycles. The predicted octanol–water partition coefficient (Wildman–Crippen LogP) is 3.58. The second-order valence-electron chi connectivity index (χ2n) is 5.53. The summed E-state index contributed by atoms with van der Waals surface area (Å²) in [4.78, 5) is 12.9. The SMILES string of the molecule is CC(C)(C)c1ccc(-c2nc3ncccc3o2)nc1. The average molecular weight is 253 g/mol. The molecule has 0 aliphatic carbocycles. The Kier molecular flexibility index (Phi) is 2.59. The van der Waals surface area contributed by atoms with Crippen LogP contribution in [0.5, 0.6) is 0 Å². The van der Waals surface area contributed by atoms with Crippen LogP contribution < -0.4 is 0 Å². The maximum absolute atomic E-state index is 5.64. The molecule has 3 aromatic heterocycles. The van der Waals surface area contributed by atoms with E-state index in [-0.39, 0.29) is 5.41 Å². The highest BCUT2D eigenvalue weighted by molar-refractivity contribution is 5.70. The summed E-state index contributed by atoms with van der Waals surface area (Å²) in [6, 6.07) is 7.67. The number of oxazole rings is 1. The van der Waals surface area contributed by atoms with Crippen LogP contribution in [0.25, 0.3) is 22.8 Å². The lowest BCUT2D eigenvalue weighted by molar-refractivity contribution is 0.586. The van der Waals surface area contributed by atoms with Crippen molar-refractivity contribution in [2.45, 2.75) is 26.2 Å². The molecule has 96 valence electrons. The van der Waals surface area contributed by atoms with Gasteiger partial charge in [-0.25, -0.2) is 4.98 Å². The fourth-order valence-electron chi connectivity index (χ4n) is 1.84. The molecule has 0 aliphatic heterocycles. The molecule has 0 fully saturated rings. The van der Waals surface area contributed by atoms with E-state index < -0.39 is 0 Å². The van der Waals surface area contributed by atoms with Crippen molar-refractivity contribution in [3.05, 3.63) is 42.2 Å². The lowest BCUT2D eigenvalue weighted by atomic mass is 9.88. The summed E-state index contributed by atoms with van der Waals surface area (Å²) in [5, 5.41) is 0. The van der Waals surface area contributed by atoms with Crippen LogP contribution in [-0.4, -0.2) is 15.0 Å². The highest BCUT2D eigenvalue weighted by atomic mass is 16.3. The average Bonchev–Trinajstić information content (AvgIpc) is 2.81. The predicted molar refractivity (Wildman–Crippen MR) is 73.7 cm³/mol. The van der Waals surface area contributed by atoms with Crippen molar-refractivity contribution in [2.24, 2.45) is 0 Å². The Morgan fingerprint density at radius 1 is 1.05 bits per heavy atom. The molecular formula is C15H15N3O. The van der Waals surface area contributed by atoms with E-state index in [4.69, 9.17) is 4.42 Å². The number of fused-ring (bicyclic) bond motifs is 1. The second-order valence-corrected chi connectivity index (χ2v) is 5.53. The van der Waals surface area contributed by atoms with Gasteiger partial charge >= 0.3 is 0 Å². The van der Waals surface area contributed by atoms with Gasteiger partial charge in [-0.3, -0.25) is 4.98 Å². The van der Waals surface area contributed by atoms with Crippen molar-refractivity contribution >= 4 is 11.2 Å². The molecule has 0 bridgehead atoms. The molecule has 0 aromatic carbocycles. The van der Waals surface area contributed by atoms with Crippen molar-refractivity contribution in [1.29, 1.82) is 0 Å². The molecule has 0 N–H and O–H groups in total. The lowest BCUT2D eigenvalue weighted by Crippen LogP contribution is -2.11.